The van der Waals surface area contributed by atoms with Crippen LogP contribution in [0.5, 0.6) is 0 Å². The molecule has 0 saturated carbocycles. The highest BCUT2D eigenvalue weighted by Gasteiger charge is 2.36. The number of para-hydroxylation sites is 1. The summed E-state index contributed by atoms with van der Waals surface area (Å²) in [5.74, 6) is -2.36. The monoisotopic (exact) mass is 473 g/mol. The van der Waals surface area contributed by atoms with Crippen LogP contribution in [-0.4, -0.2) is 32.6 Å². The second kappa shape index (κ2) is 8.14. The fourth-order valence-electron chi connectivity index (χ4n) is 3.36. The van der Waals surface area contributed by atoms with Gasteiger partial charge in [0.2, 0.25) is 0 Å². The molecule has 1 fully saturated rings. The number of anilines is 1. The zero-order valence-corrected chi connectivity index (χ0v) is 18.0. The van der Waals surface area contributed by atoms with Crippen molar-refractivity contribution >= 4 is 81.0 Å². The van der Waals surface area contributed by atoms with Gasteiger partial charge < -0.3 is 9.67 Å². The van der Waals surface area contributed by atoms with Gasteiger partial charge in [0.1, 0.15) is 12.1 Å². The molecule has 156 valence electrons. The molecule has 1 aliphatic rings. The summed E-state index contributed by atoms with van der Waals surface area (Å²) >= 11 is 17.5. The molecule has 2 heterocycles. The molecular formula is C21H13Cl2N3O4S. The average Bonchev–Trinajstić information content (AvgIpc) is 3.05. The van der Waals surface area contributed by atoms with Crippen LogP contribution in [0.15, 0.2) is 54.2 Å². The summed E-state index contributed by atoms with van der Waals surface area (Å²) in [5.41, 5.74) is 1.23. The first-order valence-electron chi connectivity index (χ1n) is 8.93. The maximum absolute atomic E-state index is 13.2. The molecule has 3 aromatic rings. The Bertz CT molecular complexity index is 1320. The van der Waals surface area contributed by atoms with Crippen molar-refractivity contribution in [3.05, 3.63) is 69.8 Å². The lowest BCUT2D eigenvalue weighted by Crippen LogP contribution is -2.54. The predicted octanol–water partition coefficient (Wildman–Crippen LogP) is 3.86. The molecule has 0 atom stereocenters. The van der Waals surface area contributed by atoms with E-state index in [0.717, 1.165) is 4.90 Å². The van der Waals surface area contributed by atoms with E-state index in [4.69, 9.17) is 35.4 Å². The quantitative estimate of drug-likeness (QED) is 0.341. The molecule has 0 unspecified atom stereocenters. The lowest BCUT2D eigenvalue weighted by Gasteiger charge is -2.29. The normalized spacial score (nSPS) is 15.6. The summed E-state index contributed by atoms with van der Waals surface area (Å²) < 4.78 is 1.53. The number of hydrogen-bond donors (Lipinski definition) is 2. The van der Waals surface area contributed by atoms with Gasteiger partial charge in [-0.15, -0.1) is 0 Å². The van der Waals surface area contributed by atoms with Crippen molar-refractivity contribution in [2.45, 2.75) is 6.54 Å². The first-order chi connectivity index (χ1) is 14.8. The summed E-state index contributed by atoms with van der Waals surface area (Å²) in [6, 6.07) is 11.8. The van der Waals surface area contributed by atoms with Crippen LogP contribution in [0, 0.1) is 0 Å². The van der Waals surface area contributed by atoms with Gasteiger partial charge in [0, 0.05) is 22.7 Å². The van der Waals surface area contributed by atoms with Gasteiger partial charge in [-0.2, -0.15) is 0 Å². The number of amides is 2. The van der Waals surface area contributed by atoms with E-state index in [1.807, 2.05) is 0 Å². The van der Waals surface area contributed by atoms with Crippen molar-refractivity contribution in [2.24, 2.45) is 0 Å². The van der Waals surface area contributed by atoms with Gasteiger partial charge in [0.05, 0.1) is 15.7 Å². The van der Waals surface area contributed by atoms with Gasteiger partial charge in [-0.3, -0.25) is 24.6 Å². The highest BCUT2D eigenvalue weighted by atomic mass is 35.5. The summed E-state index contributed by atoms with van der Waals surface area (Å²) in [6.07, 6.45) is 2.99. The number of carbonyl (C=O) groups excluding carboxylic acids is 2. The highest BCUT2D eigenvalue weighted by Crippen LogP contribution is 2.34. The molecule has 10 heteroatoms. The van der Waals surface area contributed by atoms with Crippen molar-refractivity contribution in [1.82, 2.24) is 9.88 Å². The number of nitrogens with one attached hydrogen (secondary N) is 1. The van der Waals surface area contributed by atoms with Crippen LogP contribution in [0.25, 0.3) is 17.0 Å². The van der Waals surface area contributed by atoms with E-state index < -0.39 is 17.8 Å². The van der Waals surface area contributed by atoms with Gasteiger partial charge in [0.25, 0.3) is 11.8 Å². The minimum Gasteiger partial charge on any atom is -0.480 e. The molecule has 2 aromatic carbocycles. The van der Waals surface area contributed by atoms with E-state index in [9.17, 15) is 19.5 Å². The Morgan fingerprint density at radius 3 is 2.61 bits per heavy atom. The molecule has 0 radical (unpaired) electrons. The second-order valence-electron chi connectivity index (χ2n) is 6.65. The molecule has 0 aliphatic carbocycles. The van der Waals surface area contributed by atoms with Crippen LogP contribution >= 0.6 is 35.4 Å². The molecule has 2 amide bonds. The minimum absolute atomic E-state index is 0.119. The SMILES string of the molecule is O=C(O)Cn1cc(/C=C2\C(=O)NC(=S)N(c3cccc(Cl)c3Cl)C2=O)c2ccccc21. The predicted molar refractivity (Wildman–Crippen MR) is 122 cm³/mol. The summed E-state index contributed by atoms with van der Waals surface area (Å²) in [4.78, 5) is 38.2. The lowest BCUT2D eigenvalue weighted by molar-refractivity contribution is -0.137. The second-order valence-corrected chi connectivity index (χ2v) is 7.83. The number of aliphatic carboxylic acids is 1. The van der Waals surface area contributed by atoms with E-state index in [1.165, 1.54) is 10.6 Å². The fraction of sp³-hybridized carbons (Fsp3) is 0.0476. The van der Waals surface area contributed by atoms with Crippen LogP contribution in [-0.2, 0) is 20.9 Å². The van der Waals surface area contributed by atoms with E-state index in [1.54, 1.807) is 48.7 Å². The number of halogens is 2. The lowest BCUT2D eigenvalue weighted by atomic mass is 10.1. The molecule has 0 bridgehead atoms. The number of aromatic nitrogens is 1. The van der Waals surface area contributed by atoms with Crippen molar-refractivity contribution in [1.29, 1.82) is 0 Å². The molecule has 1 aromatic heterocycles. The third kappa shape index (κ3) is 3.81. The van der Waals surface area contributed by atoms with Gasteiger partial charge in [0.15, 0.2) is 5.11 Å². The molecular weight excluding hydrogens is 461 g/mol. The third-order valence-corrected chi connectivity index (χ3v) is 5.79. The summed E-state index contributed by atoms with van der Waals surface area (Å²) in [7, 11) is 0. The van der Waals surface area contributed by atoms with Crippen LogP contribution in [0.2, 0.25) is 10.0 Å². The van der Waals surface area contributed by atoms with Gasteiger partial charge in [-0.05, 0) is 36.5 Å². The fourth-order valence-corrected chi connectivity index (χ4v) is 4.02. The van der Waals surface area contributed by atoms with Gasteiger partial charge in [-0.1, -0.05) is 47.5 Å². The van der Waals surface area contributed by atoms with Gasteiger partial charge in [-0.25, -0.2) is 0 Å². The molecule has 2 N–H and O–H groups in total. The zero-order valence-electron chi connectivity index (χ0n) is 15.6. The van der Waals surface area contributed by atoms with E-state index >= 15 is 0 Å². The number of carboxylic acids is 1. The average molecular weight is 474 g/mol. The number of fused-ring (bicyclic) bond motifs is 1. The molecule has 0 spiro atoms. The number of rotatable bonds is 4. The summed E-state index contributed by atoms with van der Waals surface area (Å²) in [6.45, 7) is -0.266. The van der Waals surface area contributed by atoms with E-state index in [-0.39, 0.29) is 33.0 Å². The number of benzene rings is 2. The Balaban J connectivity index is 1.83. The maximum atomic E-state index is 13.2. The van der Waals surface area contributed by atoms with Crippen LogP contribution in [0.1, 0.15) is 5.56 Å². The highest BCUT2D eigenvalue weighted by molar-refractivity contribution is 7.80. The Labute approximate surface area is 191 Å². The van der Waals surface area contributed by atoms with E-state index in [2.05, 4.69) is 5.32 Å². The standard InChI is InChI=1S/C21H13Cl2N3O4S/c22-14-5-3-7-16(18(14)23)26-20(30)13(19(29)24-21(26)31)8-11-9-25(10-17(27)28)15-6-2-1-4-12(11)15/h1-9H,10H2,(H,27,28)(H,24,29,31)/b13-8+. The number of carbonyl (C=O) groups is 3. The minimum atomic E-state index is -1.02. The number of thiocarbonyl (C=S) groups is 1. The first kappa shape index (κ1) is 21.0. The van der Waals surface area contributed by atoms with Crippen molar-refractivity contribution in [3.8, 4) is 0 Å². The summed E-state index contributed by atoms with van der Waals surface area (Å²) in [5, 5.41) is 12.6. The van der Waals surface area contributed by atoms with Crippen molar-refractivity contribution in [3.63, 3.8) is 0 Å². The topological polar surface area (TPSA) is 91.6 Å². The van der Waals surface area contributed by atoms with Crippen LogP contribution in [0.4, 0.5) is 5.69 Å². The maximum Gasteiger partial charge on any atom is 0.323 e. The Hall–Kier alpha value is -3.20. The van der Waals surface area contributed by atoms with Crippen molar-refractivity contribution < 1.29 is 19.5 Å². The first-order valence-corrected chi connectivity index (χ1v) is 10.1. The Morgan fingerprint density at radius 2 is 1.87 bits per heavy atom. The molecule has 4 rings (SSSR count). The van der Waals surface area contributed by atoms with Gasteiger partial charge >= 0.3 is 5.97 Å². The van der Waals surface area contributed by atoms with Crippen molar-refractivity contribution in [2.75, 3.05) is 4.90 Å². The number of hydrogen-bond acceptors (Lipinski definition) is 4. The van der Waals surface area contributed by atoms with Crippen LogP contribution < -0.4 is 10.2 Å². The third-order valence-electron chi connectivity index (χ3n) is 4.70. The number of carboxylic acid groups (broad SMARTS) is 1. The molecule has 1 aliphatic heterocycles. The molecule has 31 heavy (non-hydrogen) atoms. The van der Waals surface area contributed by atoms with Crippen LogP contribution in [0.3, 0.4) is 0 Å². The molecule has 1 saturated heterocycles. The number of nitrogens with zero attached hydrogens (tertiary/aromatic N) is 2. The smallest absolute Gasteiger partial charge is 0.323 e. The molecule has 7 nitrogen and oxygen atoms in total. The largest absolute Gasteiger partial charge is 0.480 e. The van der Waals surface area contributed by atoms with E-state index in [0.29, 0.717) is 16.5 Å². The Kier molecular flexibility index (Phi) is 5.53. The Morgan fingerprint density at radius 1 is 1.13 bits per heavy atom. The zero-order chi connectivity index (χ0) is 22.3.